The first-order chi connectivity index (χ1) is 13.1. The van der Waals surface area contributed by atoms with E-state index in [1.807, 2.05) is 35.0 Å². The summed E-state index contributed by atoms with van der Waals surface area (Å²) in [6, 6.07) is 7.68. The molecule has 4 rings (SSSR count). The number of aromatic nitrogens is 1. The number of aryl methyl sites for hydroxylation is 1. The van der Waals surface area contributed by atoms with Gasteiger partial charge in [-0.25, -0.2) is 0 Å². The predicted molar refractivity (Wildman–Crippen MR) is 107 cm³/mol. The fourth-order valence-electron chi connectivity index (χ4n) is 3.68. The first-order valence-corrected chi connectivity index (χ1v) is 9.75. The second-order valence-electron chi connectivity index (χ2n) is 6.70. The number of hydrogen-bond donors (Lipinski definition) is 2. The van der Waals surface area contributed by atoms with Crippen LogP contribution in [0.1, 0.15) is 33.6 Å². The van der Waals surface area contributed by atoms with Gasteiger partial charge in [-0.2, -0.15) is 0 Å². The molecule has 2 aromatic heterocycles. The highest BCUT2D eigenvalue weighted by molar-refractivity contribution is 7.17. The Morgan fingerprint density at radius 3 is 2.85 bits per heavy atom. The number of rotatable bonds is 5. The molecule has 27 heavy (non-hydrogen) atoms. The van der Waals surface area contributed by atoms with Crippen LogP contribution in [-0.2, 0) is 24.2 Å². The predicted octanol–water partition coefficient (Wildman–Crippen LogP) is 3.33. The molecule has 0 fully saturated rings. The average molecular weight is 383 g/mol. The molecule has 1 aromatic carbocycles. The van der Waals surface area contributed by atoms with Gasteiger partial charge in [0.1, 0.15) is 17.3 Å². The zero-order valence-corrected chi connectivity index (χ0v) is 15.9. The van der Waals surface area contributed by atoms with Crippen LogP contribution in [0.3, 0.4) is 0 Å². The Kier molecular flexibility index (Phi) is 4.61. The number of methoxy groups -OCH3 is 1. The van der Waals surface area contributed by atoms with Gasteiger partial charge < -0.3 is 20.4 Å². The minimum atomic E-state index is -0.469. The van der Waals surface area contributed by atoms with Crippen molar-refractivity contribution in [3.63, 3.8) is 0 Å². The Bertz CT molecular complexity index is 1030. The van der Waals surface area contributed by atoms with Crippen LogP contribution in [0.2, 0.25) is 0 Å². The van der Waals surface area contributed by atoms with Crippen LogP contribution in [0.15, 0.2) is 30.5 Å². The van der Waals surface area contributed by atoms with Crippen LogP contribution >= 0.6 is 11.3 Å². The standard InChI is InChI=1S/C20H21N3O3S/c1-26-13-6-7-15-12(10-13)8-9-23(15)11-17(24)22-20-18(19(21)25)14-4-2-3-5-16(14)27-20/h6-10H,2-5,11H2,1H3,(H2,21,25)(H,22,24). The van der Waals surface area contributed by atoms with Gasteiger partial charge in [-0.1, -0.05) is 0 Å². The normalized spacial score (nSPS) is 13.4. The molecule has 6 nitrogen and oxygen atoms in total. The minimum absolute atomic E-state index is 0.163. The number of amides is 2. The largest absolute Gasteiger partial charge is 0.497 e. The summed E-state index contributed by atoms with van der Waals surface area (Å²) < 4.78 is 7.11. The zero-order valence-electron chi connectivity index (χ0n) is 15.1. The Morgan fingerprint density at radius 1 is 1.26 bits per heavy atom. The lowest BCUT2D eigenvalue weighted by atomic mass is 9.95. The molecular formula is C20H21N3O3S. The molecule has 2 heterocycles. The van der Waals surface area contributed by atoms with E-state index in [2.05, 4.69) is 5.32 Å². The second-order valence-corrected chi connectivity index (χ2v) is 7.80. The molecule has 0 unspecified atom stereocenters. The number of hydrogen-bond acceptors (Lipinski definition) is 4. The summed E-state index contributed by atoms with van der Waals surface area (Å²) in [6.07, 6.45) is 5.83. The molecule has 3 N–H and O–H groups in total. The fourth-order valence-corrected chi connectivity index (χ4v) is 4.99. The molecule has 2 amide bonds. The molecule has 0 radical (unpaired) electrons. The molecule has 3 aromatic rings. The highest BCUT2D eigenvalue weighted by Gasteiger charge is 2.25. The van der Waals surface area contributed by atoms with Crippen LogP contribution in [0.5, 0.6) is 5.75 Å². The van der Waals surface area contributed by atoms with E-state index >= 15 is 0 Å². The Hall–Kier alpha value is -2.80. The summed E-state index contributed by atoms with van der Waals surface area (Å²) >= 11 is 1.48. The van der Waals surface area contributed by atoms with Crippen LogP contribution in [0.4, 0.5) is 5.00 Å². The molecule has 0 bridgehead atoms. The van der Waals surface area contributed by atoms with E-state index in [0.717, 1.165) is 47.9 Å². The fraction of sp³-hybridized carbons (Fsp3) is 0.300. The Balaban J connectivity index is 1.57. The number of thiophene rings is 1. The molecule has 140 valence electrons. The number of nitrogens with two attached hydrogens (primary N) is 1. The van der Waals surface area contributed by atoms with E-state index in [9.17, 15) is 9.59 Å². The van der Waals surface area contributed by atoms with Crippen molar-refractivity contribution in [2.75, 3.05) is 12.4 Å². The SMILES string of the molecule is COc1ccc2c(ccn2CC(=O)Nc2sc3c(c2C(N)=O)CCCC3)c1. The molecule has 0 saturated carbocycles. The lowest BCUT2D eigenvalue weighted by Crippen LogP contribution is -2.21. The van der Waals surface area contributed by atoms with Crippen LogP contribution in [-0.4, -0.2) is 23.5 Å². The monoisotopic (exact) mass is 383 g/mol. The van der Waals surface area contributed by atoms with Gasteiger partial charge in [0.15, 0.2) is 0 Å². The highest BCUT2D eigenvalue weighted by atomic mass is 32.1. The van der Waals surface area contributed by atoms with Crippen LogP contribution < -0.4 is 15.8 Å². The third kappa shape index (κ3) is 3.30. The Labute approximate surface area is 160 Å². The highest BCUT2D eigenvalue weighted by Crippen LogP contribution is 2.37. The quantitative estimate of drug-likeness (QED) is 0.708. The molecule has 0 atom stereocenters. The van der Waals surface area contributed by atoms with Crippen molar-refractivity contribution in [3.05, 3.63) is 46.5 Å². The van der Waals surface area contributed by atoms with Crippen molar-refractivity contribution < 1.29 is 14.3 Å². The topological polar surface area (TPSA) is 86.3 Å². The van der Waals surface area contributed by atoms with Crippen LogP contribution in [0.25, 0.3) is 10.9 Å². The van der Waals surface area contributed by atoms with Gasteiger partial charge in [-0.05, 0) is 55.5 Å². The van der Waals surface area contributed by atoms with Crippen molar-refractivity contribution in [1.29, 1.82) is 0 Å². The van der Waals surface area contributed by atoms with Gasteiger partial charge in [-0.3, -0.25) is 9.59 Å². The van der Waals surface area contributed by atoms with Gasteiger partial charge in [0.25, 0.3) is 5.91 Å². The van der Waals surface area contributed by atoms with Crippen LogP contribution in [0, 0.1) is 0 Å². The number of nitrogens with zero attached hydrogens (tertiary/aromatic N) is 1. The van der Waals surface area contributed by atoms with E-state index in [1.54, 1.807) is 7.11 Å². The number of primary amides is 1. The van der Waals surface area contributed by atoms with Gasteiger partial charge in [0, 0.05) is 22.0 Å². The maximum Gasteiger partial charge on any atom is 0.251 e. The lowest BCUT2D eigenvalue weighted by molar-refractivity contribution is -0.116. The molecule has 0 aliphatic heterocycles. The number of ether oxygens (including phenoxy) is 1. The minimum Gasteiger partial charge on any atom is -0.497 e. The molecule has 7 heteroatoms. The van der Waals surface area contributed by atoms with Crippen molar-refractivity contribution in [1.82, 2.24) is 4.57 Å². The molecule has 0 spiro atoms. The summed E-state index contributed by atoms with van der Waals surface area (Å²) in [7, 11) is 1.63. The third-order valence-electron chi connectivity index (χ3n) is 4.96. The number of benzene rings is 1. The zero-order chi connectivity index (χ0) is 19.0. The number of carbonyl (C=O) groups is 2. The average Bonchev–Trinajstić information content (AvgIpc) is 3.21. The van der Waals surface area contributed by atoms with Gasteiger partial charge in [0.05, 0.1) is 12.7 Å². The molecular weight excluding hydrogens is 362 g/mol. The van der Waals surface area contributed by atoms with Crippen molar-refractivity contribution in [2.24, 2.45) is 5.73 Å². The van der Waals surface area contributed by atoms with E-state index in [0.29, 0.717) is 10.6 Å². The van der Waals surface area contributed by atoms with Gasteiger partial charge >= 0.3 is 0 Å². The molecule has 0 saturated heterocycles. The van der Waals surface area contributed by atoms with Crippen molar-refractivity contribution in [2.45, 2.75) is 32.2 Å². The molecule has 1 aliphatic carbocycles. The lowest BCUT2D eigenvalue weighted by Gasteiger charge is -2.11. The number of anilines is 1. The Morgan fingerprint density at radius 2 is 2.07 bits per heavy atom. The summed E-state index contributed by atoms with van der Waals surface area (Å²) in [5.41, 5.74) is 8.06. The van der Waals surface area contributed by atoms with Crippen molar-refractivity contribution >= 4 is 39.1 Å². The van der Waals surface area contributed by atoms with E-state index in [1.165, 1.54) is 16.2 Å². The smallest absolute Gasteiger partial charge is 0.251 e. The number of nitrogens with one attached hydrogen (secondary N) is 1. The van der Waals surface area contributed by atoms with Gasteiger partial charge in [0.2, 0.25) is 5.91 Å². The summed E-state index contributed by atoms with van der Waals surface area (Å²) in [5.74, 6) is 0.132. The number of carbonyl (C=O) groups excluding carboxylic acids is 2. The van der Waals surface area contributed by atoms with Crippen molar-refractivity contribution in [3.8, 4) is 5.75 Å². The van der Waals surface area contributed by atoms with Gasteiger partial charge in [-0.15, -0.1) is 11.3 Å². The molecule has 1 aliphatic rings. The number of fused-ring (bicyclic) bond motifs is 2. The van der Waals surface area contributed by atoms with E-state index in [4.69, 9.17) is 10.5 Å². The second kappa shape index (κ2) is 7.08. The summed E-state index contributed by atoms with van der Waals surface area (Å²) in [4.78, 5) is 25.8. The maximum atomic E-state index is 12.6. The first-order valence-electron chi connectivity index (χ1n) is 8.94. The summed E-state index contributed by atoms with van der Waals surface area (Å²) in [5, 5.41) is 4.49. The first kappa shape index (κ1) is 17.6. The third-order valence-corrected chi connectivity index (χ3v) is 6.17. The van der Waals surface area contributed by atoms with E-state index in [-0.39, 0.29) is 12.5 Å². The summed E-state index contributed by atoms with van der Waals surface area (Å²) in [6.45, 7) is 0.163. The maximum absolute atomic E-state index is 12.6. The van der Waals surface area contributed by atoms with E-state index < -0.39 is 5.91 Å².